The quantitative estimate of drug-likeness (QED) is 0.561. The SMILES string of the molecule is CSC=C(Cl)C(C)=O. The zero-order valence-corrected chi connectivity index (χ0v) is 6.34. The van der Waals surface area contributed by atoms with Gasteiger partial charge in [-0.05, 0) is 11.7 Å². The first-order chi connectivity index (χ1) is 3.68. The molecule has 0 spiro atoms. The molecule has 0 unspecified atom stereocenters. The lowest BCUT2D eigenvalue weighted by molar-refractivity contribution is -0.113. The maximum absolute atomic E-state index is 10.3. The van der Waals surface area contributed by atoms with Crippen LogP contribution in [0.15, 0.2) is 10.4 Å². The summed E-state index contributed by atoms with van der Waals surface area (Å²) < 4.78 is 0. The van der Waals surface area contributed by atoms with Gasteiger partial charge >= 0.3 is 0 Å². The monoisotopic (exact) mass is 150 g/mol. The van der Waals surface area contributed by atoms with Crippen molar-refractivity contribution in [3.63, 3.8) is 0 Å². The Morgan fingerprint density at radius 3 is 2.38 bits per heavy atom. The van der Waals surface area contributed by atoms with Gasteiger partial charge in [-0.1, -0.05) is 11.6 Å². The van der Waals surface area contributed by atoms with E-state index in [0.717, 1.165) is 0 Å². The molecule has 8 heavy (non-hydrogen) atoms. The predicted octanol–water partition coefficient (Wildman–Crippen LogP) is 2.02. The molecule has 1 nitrogen and oxygen atoms in total. The topological polar surface area (TPSA) is 17.1 Å². The molecule has 0 rings (SSSR count). The molecular formula is C5H7ClOS. The zero-order valence-electron chi connectivity index (χ0n) is 4.77. The molecule has 0 N–H and O–H groups in total. The Morgan fingerprint density at radius 1 is 1.75 bits per heavy atom. The number of halogens is 1. The lowest BCUT2D eigenvalue weighted by Gasteiger charge is -1.85. The molecule has 0 saturated carbocycles. The van der Waals surface area contributed by atoms with E-state index >= 15 is 0 Å². The van der Waals surface area contributed by atoms with Gasteiger partial charge in [-0.25, -0.2) is 0 Å². The Labute approximate surface area is 58.1 Å². The highest BCUT2D eigenvalue weighted by molar-refractivity contribution is 8.01. The number of thioether (sulfide) groups is 1. The summed E-state index contributed by atoms with van der Waals surface area (Å²) in [4.78, 5) is 10.3. The lowest BCUT2D eigenvalue weighted by Crippen LogP contribution is -1.85. The molecule has 0 fully saturated rings. The van der Waals surface area contributed by atoms with Crippen LogP contribution in [0, 0.1) is 0 Å². The first-order valence-electron chi connectivity index (χ1n) is 2.08. The van der Waals surface area contributed by atoms with Gasteiger partial charge in [-0.2, -0.15) is 0 Å². The van der Waals surface area contributed by atoms with Crippen molar-refractivity contribution in [2.24, 2.45) is 0 Å². The second kappa shape index (κ2) is 3.98. The van der Waals surface area contributed by atoms with Gasteiger partial charge in [0.25, 0.3) is 0 Å². The molecule has 0 aromatic rings. The molecule has 0 atom stereocenters. The average Bonchev–Trinajstić information content (AvgIpc) is 1.67. The van der Waals surface area contributed by atoms with Crippen molar-refractivity contribution in [3.05, 3.63) is 10.4 Å². The summed E-state index contributed by atoms with van der Waals surface area (Å²) in [5.41, 5.74) is 0. The highest BCUT2D eigenvalue weighted by atomic mass is 35.5. The van der Waals surface area contributed by atoms with E-state index in [1.807, 2.05) is 6.26 Å². The minimum absolute atomic E-state index is 0.0824. The van der Waals surface area contributed by atoms with Gasteiger partial charge in [-0.15, -0.1) is 11.8 Å². The summed E-state index contributed by atoms with van der Waals surface area (Å²) in [5.74, 6) is -0.0824. The molecular weight excluding hydrogens is 144 g/mol. The Kier molecular flexibility index (Phi) is 4.01. The number of allylic oxidation sites excluding steroid dienone is 1. The van der Waals surface area contributed by atoms with Crippen molar-refractivity contribution in [1.82, 2.24) is 0 Å². The molecule has 0 aromatic carbocycles. The number of carbonyl (C=O) groups is 1. The molecule has 0 bridgehead atoms. The third-order valence-corrected chi connectivity index (χ3v) is 1.53. The molecule has 0 aliphatic carbocycles. The maximum atomic E-state index is 10.3. The van der Waals surface area contributed by atoms with Crippen LogP contribution in [0.1, 0.15) is 6.92 Å². The largest absolute Gasteiger partial charge is 0.293 e. The molecule has 0 aliphatic rings. The summed E-state index contributed by atoms with van der Waals surface area (Å²) in [5, 5.41) is 1.92. The smallest absolute Gasteiger partial charge is 0.171 e. The van der Waals surface area contributed by atoms with E-state index in [1.165, 1.54) is 18.7 Å². The van der Waals surface area contributed by atoms with Gasteiger partial charge in [0.1, 0.15) is 0 Å². The van der Waals surface area contributed by atoms with Gasteiger partial charge < -0.3 is 0 Å². The van der Waals surface area contributed by atoms with Crippen molar-refractivity contribution >= 4 is 29.1 Å². The van der Waals surface area contributed by atoms with Crippen LogP contribution in [0.3, 0.4) is 0 Å². The predicted molar refractivity (Wildman–Crippen MR) is 38.1 cm³/mol. The number of hydrogen-bond donors (Lipinski definition) is 0. The third-order valence-electron chi connectivity index (χ3n) is 0.558. The molecule has 0 saturated heterocycles. The highest BCUT2D eigenvalue weighted by Gasteiger charge is 1.94. The number of rotatable bonds is 2. The van der Waals surface area contributed by atoms with Gasteiger partial charge in [-0.3, -0.25) is 4.79 Å². The van der Waals surface area contributed by atoms with Gasteiger partial charge in [0, 0.05) is 6.92 Å². The normalized spacial score (nSPS) is 11.6. The van der Waals surface area contributed by atoms with E-state index in [-0.39, 0.29) is 5.78 Å². The van der Waals surface area contributed by atoms with Gasteiger partial charge in [0.15, 0.2) is 5.78 Å². The van der Waals surface area contributed by atoms with Crippen molar-refractivity contribution in [1.29, 1.82) is 0 Å². The van der Waals surface area contributed by atoms with Crippen LogP contribution in [0.25, 0.3) is 0 Å². The van der Waals surface area contributed by atoms with E-state index in [9.17, 15) is 4.79 Å². The van der Waals surface area contributed by atoms with Crippen molar-refractivity contribution in [2.45, 2.75) is 6.92 Å². The van der Waals surface area contributed by atoms with E-state index in [1.54, 1.807) is 5.41 Å². The second-order valence-electron chi connectivity index (χ2n) is 1.26. The summed E-state index contributed by atoms with van der Waals surface area (Å²) in [7, 11) is 0. The molecule has 0 aromatic heterocycles. The standard InChI is InChI=1S/C5H7ClOS/c1-4(7)5(6)3-8-2/h3H,1-2H3. The number of carbonyl (C=O) groups excluding carboxylic acids is 1. The van der Waals surface area contributed by atoms with Gasteiger partial charge in [0.2, 0.25) is 0 Å². The van der Waals surface area contributed by atoms with Crippen molar-refractivity contribution in [2.75, 3.05) is 6.26 Å². The number of Topliss-reactive ketones (excluding diaryl/α,β-unsaturated/α-hetero) is 1. The average molecular weight is 151 g/mol. The van der Waals surface area contributed by atoms with Crippen LogP contribution in [0.4, 0.5) is 0 Å². The molecule has 3 heteroatoms. The van der Waals surface area contributed by atoms with Crippen molar-refractivity contribution < 1.29 is 4.79 Å². The molecule has 0 aliphatic heterocycles. The van der Waals surface area contributed by atoms with Gasteiger partial charge in [0.05, 0.1) is 5.03 Å². The van der Waals surface area contributed by atoms with Crippen LogP contribution >= 0.6 is 23.4 Å². The van der Waals surface area contributed by atoms with Crippen LogP contribution < -0.4 is 0 Å². The van der Waals surface area contributed by atoms with Crippen molar-refractivity contribution in [3.8, 4) is 0 Å². The van der Waals surface area contributed by atoms with Crippen LogP contribution in [-0.4, -0.2) is 12.0 Å². The summed E-state index contributed by atoms with van der Waals surface area (Å²) >= 11 is 6.83. The fourth-order valence-corrected chi connectivity index (χ4v) is 0.827. The Morgan fingerprint density at radius 2 is 2.25 bits per heavy atom. The first-order valence-corrected chi connectivity index (χ1v) is 3.74. The van der Waals surface area contributed by atoms with Crippen LogP contribution in [0.5, 0.6) is 0 Å². The van der Waals surface area contributed by atoms with E-state index in [4.69, 9.17) is 11.6 Å². The minimum Gasteiger partial charge on any atom is -0.293 e. The summed E-state index contributed by atoms with van der Waals surface area (Å²) in [6.07, 6.45) is 1.85. The second-order valence-corrected chi connectivity index (χ2v) is 2.37. The summed E-state index contributed by atoms with van der Waals surface area (Å²) in [6.45, 7) is 1.44. The lowest BCUT2D eigenvalue weighted by atomic mass is 10.4. The Hall–Kier alpha value is 0.0500. The summed E-state index contributed by atoms with van der Waals surface area (Å²) in [6, 6.07) is 0. The molecule has 0 radical (unpaired) electrons. The molecule has 0 amide bonds. The van der Waals surface area contributed by atoms with E-state index < -0.39 is 0 Å². The zero-order chi connectivity index (χ0) is 6.57. The van der Waals surface area contributed by atoms with Crippen LogP contribution in [0.2, 0.25) is 0 Å². The third kappa shape index (κ3) is 3.10. The Bertz CT molecular complexity index is 120. The first kappa shape index (κ1) is 8.05. The number of hydrogen-bond acceptors (Lipinski definition) is 2. The van der Waals surface area contributed by atoms with E-state index in [0.29, 0.717) is 5.03 Å². The maximum Gasteiger partial charge on any atom is 0.171 e. The fourth-order valence-electron chi connectivity index (χ4n) is 0.186. The minimum atomic E-state index is -0.0824. The number of ketones is 1. The van der Waals surface area contributed by atoms with E-state index in [2.05, 4.69) is 0 Å². The van der Waals surface area contributed by atoms with Crippen LogP contribution in [-0.2, 0) is 4.79 Å². The Balaban J connectivity index is 3.80. The molecule has 46 valence electrons. The molecule has 0 heterocycles. The highest BCUT2D eigenvalue weighted by Crippen LogP contribution is 2.07. The fraction of sp³-hybridized carbons (Fsp3) is 0.400.